The predicted octanol–water partition coefficient (Wildman–Crippen LogP) is 6.06. The number of esters is 2. The van der Waals surface area contributed by atoms with Gasteiger partial charge in [-0.25, -0.2) is 9.59 Å². The average Bonchev–Trinajstić information content (AvgIpc) is 3.15. The largest absolute Gasteiger partial charge is 0.462 e. The van der Waals surface area contributed by atoms with Crippen LogP contribution in [-0.2, 0) is 19.1 Å². The van der Waals surface area contributed by atoms with Gasteiger partial charge in [-0.2, -0.15) is 0 Å². The highest BCUT2D eigenvalue weighted by Crippen LogP contribution is 2.45. The van der Waals surface area contributed by atoms with Crippen molar-refractivity contribution < 1.29 is 33.4 Å². The Bertz CT molecular complexity index is 1280. The molecule has 1 aliphatic rings. The van der Waals surface area contributed by atoms with Crippen LogP contribution in [0.1, 0.15) is 64.7 Å². The lowest BCUT2D eigenvalue weighted by molar-refractivity contribution is -0.152. The fraction of sp³-hybridized carbons (Fsp3) is 0.346. The normalized spacial score (nSPS) is 13.4. The van der Waals surface area contributed by atoms with Gasteiger partial charge in [-0.1, -0.05) is 73.6 Å². The van der Waals surface area contributed by atoms with Crippen LogP contribution in [0.25, 0.3) is 0 Å². The number of amides is 3. The van der Waals surface area contributed by atoms with E-state index in [1.807, 2.05) is 6.92 Å². The number of benzene rings is 2. The van der Waals surface area contributed by atoms with E-state index in [9.17, 15) is 24.0 Å². The van der Waals surface area contributed by atoms with E-state index < -0.39 is 48.2 Å². The second-order valence-corrected chi connectivity index (χ2v) is 10.4. The van der Waals surface area contributed by atoms with Crippen LogP contribution >= 0.6 is 46.4 Å². The van der Waals surface area contributed by atoms with Gasteiger partial charge in [0.25, 0.3) is 17.7 Å². The number of carbonyl (C=O) groups excluding carboxylic acids is 5. The fourth-order valence-corrected chi connectivity index (χ4v) is 4.81. The van der Waals surface area contributed by atoms with Crippen LogP contribution in [0, 0.1) is 5.92 Å². The number of carbonyl (C=O) groups is 5. The third kappa shape index (κ3) is 6.49. The highest BCUT2D eigenvalue weighted by atomic mass is 35.5. The highest BCUT2D eigenvalue weighted by Gasteiger charge is 2.48. The summed E-state index contributed by atoms with van der Waals surface area (Å²) in [6.07, 6.45) is 1.65. The highest BCUT2D eigenvalue weighted by molar-refractivity contribution is 6.55. The van der Waals surface area contributed by atoms with Crippen molar-refractivity contribution in [1.82, 2.24) is 4.90 Å². The molecule has 13 heteroatoms. The van der Waals surface area contributed by atoms with Crippen molar-refractivity contribution in [2.24, 2.45) is 5.92 Å². The summed E-state index contributed by atoms with van der Waals surface area (Å²) in [5.41, 5.74) is 0.129. The molecule has 2 aromatic carbocycles. The first-order valence-electron chi connectivity index (χ1n) is 11.9. The third-order valence-electron chi connectivity index (χ3n) is 5.76. The topological polar surface area (TPSA) is 119 Å². The molecule has 3 amide bonds. The van der Waals surface area contributed by atoms with E-state index in [2.05, 4.69) is 5.32 Å². The number of anilines is 1. The Morgan fingerprint density at radius 2 is 1.41 bits per heavy atom. The lowest BCUT2D eigenvalue weighted by Crippen LogP contribution is -2.49. The zero-order chi connectivity index (χ0) is 29.0. The van der Waals surface area contributed by atoms with Gasteiger partial charge in [0.15, 0.2) is 6.61 Å². The van der Waals surface area contributed by atoms with Crippen LogP contribution in [0.15, 0.2) is 24.3 Å². The Morgan fingerprint density at radius 3 is 1.90 bits per heavy atom. The molecule has 2 aromatic rings. The first-order chi connectivity index (χ1) is 18.4. The molecule has 1 N–H and O–H groups in total. The monoisotopic (exact) mass is 616 g/mol. The maximum Gasteiger partial charge on any atom is 0.338 e. The van der Waals surface area contributed by atoms with E-state index in [0.717, 1.165) is 12.8 Å². The van der Waals surface area contributed by atoms with Gasteiger partial charge in [-0.15, -0.1) is 0 Å². The van der Waals surface area contributed by atoms with Crippen molar-refractivity contribution >= 4 is 81.8 Å². The van der Waals surface area contributed by atoms with E-state index in [4.69, 9.17) is 55.9 Å². The molecule has 39 heavy (non-hydrogen) atoms. The fourth-order valence-electron chi connectivity index (χ4n) is 3.80. The molecule has 3 rings (SSSR count). The van der Waals surface area contributed by atoms with Crippen LogP contribution in [0.2, 0.25) is 20.1 Å². The molecular weight excluding hydrogens is 594 g/mol. The van der Waals surface area contributed by atoms with Crippen molar-refractivity contribution in [3.8, 4) is 0 Å². The number of halogens is 4. The van der Waals surface area contributed by atoms with Gasteiger partial charge < -0.3 is 14.8 Å². The average molecular weight is 618 g/mol. The summed E-state index contributed by atoms with van der Waals surface area (Å²) < 4.78 is 10.3. The van der Waals surface area contributed by atoms with Gasteiger partial charge >= 0.3 is 11.9 Å². The van der Waals surface area contributed by atoms with Crippen molar-refractivity contribution in [3.05, 3.63) is 61.0 Å². The molecule has 0 radical (unpaired) electrons. The number of fused-ring (bicyclic) bond motifs is 1. The number of rotatable bonds is 10. The third-order valence-corrected chi connectivity index (χ3v) is 7.57. The van der Waals surface area contributed by atoms with Crippen molar-refractivity contribution in [3.63, 3.8) is 0 Å². The second-order valence-electron chi connectivity index (χ2n) is 8.90. The van der Waals surface area contributed by atoms with Crippen LogP contribution in [-0.4, -0.2) is 53.8 Å². The van der Waals surface area contributed by atoms with Gasteiger partial charge in [0, 0.05) is 5.69 Å². The van der Waals surface area contributed by atoms with Gasteiger partial charge in [-0.3, -0.25) is 19.3 Å². The standard InChI is InChI=1S/C26H24Cl4N2O7/c1-4-5-10-38-25(36)13-6-8-14(9-7-13)31-15(33)11-39-26(37)22(12(2)3)32-23(34)16-17(24(32)35)19(28)21(30)20(29)18(16)27/h6-9,12,22H,4-5,10-11H2,1-3H3,(H,31,33)/t22-/m0/s1. The minimum Gasteiger partial charge on any atom is -0.462 e. The molecule has 0 aliphatic carbocycles. The number of ether oxygens (including phenoxy) is 2. The zero-order valence-corrected chi connectivity index (χ0v) is 24.1. The molecule has 0 fully saturated rings. The molecule has 0 aromatic heterocycles. The van der Waals surface area contributed by atoms with E-state index in [1.54, 1.807) is 13.8 Å². The summed E-state index contributed by atoms with van der Waals surface area (Å²) in [5, 5.41) is 1.60. The van der Waals surface area contributed by atoms with E-state index in [0.29, 0.717) is 22.8 Å². The summed E-state index contributed by atoms with van der Waals surface area (Å²) in [5.74, 6) is -4.55. The molecule has 1 aliphatic heterocycles. The number of imide groups is 1. The van der Waals surface area contributed by atoms with Crippen LogP contribution in [0.4, 0.5) is 5.69 Å². The van der Waals surface area contributed by atoms with Crippen molar-refractivity contribution in [1.29, 1.82) is 0 Å². The zero-order valence-electron chi connectivity index (χ0n) is 21.1. The Balaban J connectivity index is 1.67. The molecule has 1 atom stereocenters. The summed E-state index contributed by atoms with van der Waals surface area (Å²) in [7, 11) is 0. The van der Waals surface area contributed by atoms with E-state index >= 15 is 0 Å². The van der Waals surface area contributed by atoms with Crippen LogP contribution < -0.4 is 5.32 Å². The predicted molar refractivity (Wildman–Crippen MR) is 147 cm³/mol. The van der Waals surface area contributed by atoms with Crippen molar-refractivity contribution in [2.75, 3.05) is 18.5 Å². The molecule has 0 unspecified atom stereocenters. The smallest absolute Gasteiger partial charge is 0.338 e. The summed E-state index contributed by atoms with van der Waals surface area (Å²) in [6.45, 7) is 4.78. The Hall–Kier alpha value is -2.85. The van der Waals surface area contributed by atoms with Gasteiger partial charge in [-0.05, 0) is 36.6 Å². The summed E-state index contributed by atoms with van der Waals surface area (Å²) in [4.78, 5) is 64.4. The molecule has 0 spiro atoms. The Labute approximate surface area is 244 Å². The van der Waals surface area contributed by atoms with E-state index in [1.165, 1.54) is 24.3 Å². The maximum atomic E-state index is 13.2. The first kappa shape index (κ1) is 30.7. The van der Waals surface area contributed by atoms with Gasteiger partial charge in [0.1, 0.15) is 6.04 Å². The number of unbranched alkanes of at least 4 members (excludes halogenated alkanes) is 1. The number of nitrogens with zero attached hydrogens (tertiary/aromatic N) is 1. The number of hydrogen-bond acceptors (Lipinski definition) is 7. The SMILES string of the molecule is CCCCOC(=O)c1ccc(NC(=O)COC(=O)[C@H](C(C)C)N2C(=O)c3c(Cl)c(Cl)c(Cl)c(Cl)c3C2=O)cc1. The van der Waals surface area contributed by atoms with Crippen LogP contribution in [0.5, 0.6) is 0 Å². The molecule has 0 bridgehead atoms. The number of hydrogen-bond donors (Lipinski definition) is 1. The van der Waals surface area contributed by atoms with Crippen LogP contribution in [0.3, 0.4) is 0 Å². The summed E-state index contributed by atoms with van der Waals surface area (Å²) >= 11 is 24.4. The Morgan fingerprint density at radius 1 is 0.872 bits per heavy atom. The molecular formula is C26H24Cl4N2O7. The molecule has 0 saturated heterocycles. The minimum absolute atomic E-state index is 0.202. The lowest BCUT2D eigenvalue weighted by atomic mass is 10.0. The quantitative estimate of drug-likeness (QED) is 0.113. The Kier molecular flexibility index (Phi) is 10.2. The maximum absolute atomic E-state index is 13.2. The molecule has 9 nitrogen and oxygen atoms in total. The molecule has 0 saturated carbocycles. The van der Waals surface area contributed by atoms with Gasteiger partial charge in [0.05, 0.1) is 43.4 Å². The lowest BCUT2D eigenvalue weighted by Gasteiger charge is -2.27. The number of nitrogens with one attached hydrogen (secondary N) is 1. The van der Waals surface area contributed by atoms with Gasteiger partial charge in [0.2, 0.25) is 0 Å². The molecule has 1 heterocycles. The summed E-state index contributed by atoms with van der Waals surface area (Å²) in [6, 6.07) is 4.57. The van der Waals surface area contributed by atoms with E-state index in [-0.39, 0.29) is 31.2 Å². The first-order valence-corrected chi connectivity index (χ1v) is 13.4. The second kappa shape index (κ2) is 13.0. The minimum atomic E-state index is -1.40. The van der Waals surface area contributed by atoms with Crippen molar-refractivity contribution in [2.45, 2.75) is 39.7 Å². The molecule has 208 valence electrons.